The summed E-state index contributed by atoms with van der Waals surface area (Å²) in [6, 6.07) is 8.22. The SMILES string of the molecule is CC(C)(C)OC(=O)N[C@@H](Cc1ccccc1)[C@@H](N)CC(=O)O. The molecule has 0 aliphatic rings. The average molecular weight is 308 g/mol. The van der Waals surface area contributed by atoms with Crippen molar-refractivity contribution in [3.8, 4) is 0 Å². The van der Waals surface area contributed by atoms with Crippen molar-refractivity contribution in [1.29, 1.82) is 0 Å². The van der Waals surface area contributed by atoms with Gasteiger partial charge in [0.2, 0.25) is 0 Å². The van der Waals surface area contributed by atoms with E-state index in [1.165, 1.54) is 0 Å². The van der Waals surface area contributed by atoms with Crippen LogP contribution in [0.15, 0.2) is 30.3 Å². The Morgan fingerprint density at radius 3 is 2.36 bits per heavy atom. The highest BCUT2D eigenvalue weighted by Crippen LogP contribution is 2.10. The summed E-state index contributed by atoms with van der Waals surface area (Å²) >= 11 is 0. The van der Waals surface area contributed by atoms with Gasteiger partial charge in [0.25, 0.3) is 0 Å². The molecular weight excluding hydrogens is 284 g/mol. The van der Waals surface area contributed by atoms with Crippen molar-refractivity contribution < 1.29 is 19.4 Å². The van der Waals surface area contributed by atoms with E-state index < -0.39 is 29.7 Å². The van der Waals surface area contributed by atoms with Gasteiger partial charge in [0.05, 0.1) is 12.5 Å². The maximum atomic E-state index is 11.9. The number of amides is 1. The summed E-state index contributed by atoms with van der Waals surface area (Å²) in [5.74, 6) is -1.00. The van der Waals surface area contributed by atoms with Crippen molar-refractivity contribution in [2.45, 2.75) is 51.3 Å². The van der Waals surface area contributed by atoms with Crippen LogP contribution in [-0.2, 0) is 16.0 Å². The first-order valence-corrected chi connectivity index (χ1v) is 7.18. The number of nitrogens with one attached hydrogen (secondary N) is 1. The highest BCUT2D eigenvalue weighted by molar-refractivity contribution is 5.70. The van der Waals surface area contributed by atoms with Crippen molar-refractivity contribution in [1.82, 2.24) is 5.32 Å². The van der Waals surface area contributed by atoms with Crippen LogP contribution in [0.1, 0.15) is 32.8 Å². The molecule has 0 aromatic heterocycles. The molecule has 0 saturated carbocycles. The fourth-order valence-electron chi connectivity index (χ4n) is 1.98. The second kappa shape index (κ2) is 7.79. The lowest BCUT2D eigenvalue weighted by molar-refractivity contribution is -0.137. The van der Waals surface area contributed by atoms with Crippen molar-refractivity contribution in [3.63, 3.8) is 0 Å². The van der Waals surface area contributed by atoms with Crippen molar-refractivity contribution in [3.05, 3.63) is 35.9 Å². The number of carboxylic acids is 1. The van der Waals surface area contributed by atoms with E-state index >= 15 is 0 Å². The number of alkyl carbamates (subject to hydrolysis) is 1. The summed E-state index contributed by atoms with van der Waals surface area (Å²) in [6.45, 7) is 5.28. The third kappa shape index (κ3) is 7.08. The van der Waals surface area contributed by atoms with Gasteiger partial charge in [-0.1, -0.05) is 30.3 Å². The van der Waals surface area contributed by atoms with Crippen LogP contribution in [0, 0.1) is 0 Å². The first kappa shape index (κ1) is 18.0. The van der Waals surface area contributed by atoms with Crippen molar-refractivity contribution in [2.75, 3.05) is 0 Å². The maximum absolute atomic E-state index is 11.9. The fourth-order valence-corrected chi connectivity index (χ4v) is 1.98. The van der Waals surface area contributed by atoms with Gasteiger partial charge in [-0.2, -0.15) is 0 Å². The average Bonchev–Trinajstić information content (AvgIpc) is 2.36. The van der Waals surface area contributed by atoms with Gasteiger partial charge in [-0.3, -0.25) is 4.79 Å². The molecule has 0 heterocycles. The molecular formula is C16H24N2O4. The monoisotopic (exact) mass is 308 g/mol. The lowest BCUT2D eigenvalue weighted by Gasteiger charge is -2.26. The fraction of sp³-hybridized carbons (Fsp3) is 0.500. The molecule has 0 radical (unpaired) electrons. The summed E-state index contributed by atoms with van der Waals surface area (Å²) in [6.07, 6.45) is -0.392. The predicted octanol–water partition coefficient (Wildman–Crippen LogP) is 1.92. The topological polar surface area (TPSA) is 102 Å². The van der Waals surface area contributed by atoms with Gasteiger partial charge in [0, 0.05) is 6.04 Å². The molecule has 0 aliphatic carbocycles. The molecule has 0 saturated heterocycles. The van der Waals surface area contributed by atoms with Gasteiger partial charge in [0.15, 0.2) is 0 Å². The number of ether oxygens (including phenoxy) is 1. The third-order valence-electron chi connectivity index (χ3n) is 2.93. The molecule has 2 atom stereocenters. The Balaban J connectivity index is 2.77. The molecule has 4 N–H and O–H groups in total. The Labute approximate surface area is 130 Å². The van der Waals surface area contributed by atoms with Gasteiger partial charge in [-0.25, -0.2) is 4.79 Å². The van der Waals surface area contributed by atoms with E-state index in [4.69, 9.17) is 15.6 Å². The Bertz CT molecular complexity index is 497. The van der Waals surface area contributed by atoms with E-state index in [9.17, 15) is 9.59 Å². The Morgan fingerprint density at radius 2 is 1.86 bits per heavy atom. The van der Waals surface area contributed by atoms with E-state index in [2.05, 4.69) is 5.32 Å². The van der Waals surface area contributed by atoms with Gasteiger partial charge in [0.1, 0.15) is 5.60 Å². The van der Waals surface area contributed by atoms with E-state index in [-0.39, 0.29) is 6.42 Å². The molecule has 1 amide bonds. The number of aliphatic carboxylic acids is 1. The van der Waals surface area contributed by atoms with Crippen LogP contribution in [0.2, 0.25) is 0 Å². The van der Waals surface area contributed by atoms with Crippen LogP contribution < -0.4 is 11.1 Å². The summed E-state index contributed by atoms with van der Waals surface area (Å²) in [5.41, 5.74) is 6.26. The van der Waals surface area contributed by atoms with Crippen LogP contribution in [0.4, 0.5) is 4.79 Å². The highest BCUT2D eigenvalue weighted by Gasteiger charge is 2.25. The lowest BCUT2D eigenvalue weighted by Crippen LogP contribution is -2.51. The molecule has 0 fully saturated rings. The highest BCUT2D eigenvalue weighted by atomic mass is 16.6. The van der Waals surface area contributed by atoms with Gasteiger partial charge >= 0.3 is 12.1 Å². The first-order chi connectivity index (χ1) is 10.2. The molecule has 6 nitrogen and oxygen atoms in total. The maximum Gasteiger partial charge on any atom is 0.407 e. The third-order valence-corrected chi connectivity index (χ3v) is 2.93. The lowest BCUT2D eigenvalue weighted by atomic mass is 9.98. The normalized spacial score (nSPS) is 14.0. The predicted molar refractivity (Wildman–Crippen MR) is 83.5 cm³/mol. The largest absolute Gasteiger partial charge is 0.481 e. The smallest absolute Gasteiger partial charge is 0.407 e. The molecule has 1 rings (SSSR count). The Morgan fingerprint density at radius 1 is 1.27 bits per heavy atom. The van der Waals surface area contributed by atoms with Crippen molar-refractivity contribution in [2.24, 2.45) is 5.73 Å². The summed E-state index contributed by atoms with van der Waals surface area (Å²) in [7, 11) is 0. The quantitative estimate of drug-likeness (QED) is 0.745. The van der Waals surface area contributed by atoms with Gasteiger partial charge in [-0.15, -0.1) is 0 Å². The molecule has 6 heteroatoms. The molecule has 0 unspecified atom stereocenters. The van der Waals surface area contributed by atoms with Crippen molar-refractivity contribution >= 4 is 12.1 Å². The number of rotatable bonds is 6. The number of hydrogen-bond donors (Lipinski definition) is 3. The van der Waals surface area contributed by atoms with Gasteiger partial charge in [-0.05, 0) is 32.8 Å². The number of carboxylic acid groups (broad SMARTS) is 1. The van der Waals surface area contributed by atoms with Crippen LogP contribution in [0.3, 0.4) is 0 Å². The molecule has 1 aromatic carbocycles. The number of hydrogen-bond acceptors (Lipinski definition) is 4. The second-order valence-electron chi connectivity index (χ2n) is 6.20. The number of carbonyl (C=O) groups is 2. The van der Waals surface area contributed by atoms with Crippen LogP contribution in [-0.4, -0.2) is 34.9 Å². The summed E-state index contributed by atoms with van der Waals surface area (Å²) in [5, 5.41) is 11.6. The molecule has 0 bridgehead atoms. The standard InChI is InChI=1S/C16H24N2O4/c1-16(2,3)22-15(21)18-13(12(17)10-14(19)20)9-11-7-5-4-6-8-11/h4-8,12-13H,9-10,17H2,1-3H3,(H,18,21)(H,19,20)/t12-,13-/m0/s1. The number of carbonyl (C=O) groups excluding carboxylic acids is 1. The minimum Gasteiger partial charge on any atom is -0.481 e. The van der Waals surface area contributed by atoms with Crippen LogP contribution in [0.5, 0.6) is 0 Å². The molecule has 0 spiro atoms. The zero-order chi connectivity index (χ0) is 16.8. The second-order valence-corrected chi connectivity index (χ2v) is 6.20. The van der Waals surface area contributed by atoms with E-state index in [0.29, 0.717) is 6.42 Å². The number of benzene rings is 1. The number of nitrogens with two attached hydrogens (primary N) is 1. The Kier molecular flexibility index (Phi) is 6.37. The molecule has 22 heavy (non-hydrogen) atoms. The first-order valence-electron chi connectivity index (χ1n) is 7.18. The molecule has 0 aliphatic heterocycles. The van der Waals surface area contributed by atoms with Crippen LogP contribution in [0.25, 0.3) is 0 Å². The van der Waals surface area contributed by atoms with Crippen LogP contribution >= 0.6 is 0 Å². The Hall–Kier alpha value is -2.08. The minimum atomic E-state index is -1.00. The van der Waals surface area contributed by atoms with E-state index in [1.54, 1.807) is 20.8 Å². The van der Waals surface area contributed by atoms with E-state index in [0.717, 1.165) is 5.56 Å². The summed E-state index contributed by atoms with van der Waals surface area (Å²) < 4.78 is 5.21. The summed E-state index contributed by atoms with van der Waals surface area (Å²) in [4.78, 5) is 22.8. The zero-order valence-corrected chi connectivity index (χ0v) is 13.2. The molecule has 1 aromatic rings. The minimum absolute atomic E-state index is 0.229. The van der Waals surface area contributed by atoms with E-state index in [1.807, 2.05) is 30.3 Å². The zero-order valence-electron chi connectivity index (χ0n) is 13.2. The molecule has 122 valence electrons. The van der Waals surface area contributed by atoms with Gasteiger partial charge < -0.3 is 20.9 Å².